The fraction of sp³-hybridized carbons (Fsp3) is 0.0667. The van der Waals surface area contributed by atoms with Gasteiger partial charge in [0.25, 0.3) is 0 Å². The zero-order valence-electron chi connectivity index (χ0n) is 10.5. The number of nitrogens with zero attached hydrogens (tertiary/aromatic N) is 2. The van der Waals surface area contributed by atoms with Crippen molar-refractivity contribution in [1.29, 1.82) is 0 Å². The van der Waals surface area contributed by atoms with Crippen molar-refractivity contribution in [2.24, 2.45) is 0 Å². The van der Waals surface area contributed by atoms with Gasteiger partial charge >= 0.3 is 5.97 Å². The van der Waals surface area contributed by atoms with E-state index in [0.717, 1.165) is 10.9 Å². The maximum atomic E-state index is 10.9. The Kier molecular flexibility index (Phi) is 3.16. The summed E-state index contributed by atoms with van der Waals surface area (Å²) in [7, 11) is 0. The van der Waals surface area contributed by atoms with Crippen LogP contribution in [0.4, 0.5) is 0 Å². The molecule has 1 aromatic carbocycles. The van der Waals surface area contributed by atoms with Gasteiger partial charge in [0.1, 0.15) is 5.69 Å². The Balaban J connectivity index is 2.01. The lowest BCUT2D eigenvalue weighted by molar-refractivity contribution is 0.0690. The number of hydrogen-bond acceptors (Lipinski definition) is 2. The number of aromatic carboxylic acids is 1. The van der Waals surface area contributed by atoms with Crippen LogP contribution in [0.3, 0.4) is 0 Å². The molecule has 0 aliphatic carbocycles. The first-order valence-electron chi connectivity index (χ1n) is 6.08. The Morgan fingerprint density at radius 3 is 2.80 bits per heavy atom. The minimum atomic E-state index is -1.03. The average molecular weight is 287 g/mol. The summed E-state index contributed by atoms with van der Waals surface area (Å²) in [6.07, 6.45) is 1.92. The van der Waals surface area contributed by atoms with E-state index in [1.54, 1.807) is 12.1 Å². The summed E-state index contributed by atoms with van der Waals surface area (Å²) >= 11 is 6.22. The van der Waals surface area contributed by atoms with Crippen LogP contribution in [0.15, 0.2) is 48.7 Å². The molecule has 0 unspecified atom stereocenters. The molecule has 3 rings (SSSR count). The smallest absolute Gasteiger partial charge is 0.354 e. The zero-order valence-corrected chi connectivity index (χ0v) is 11.2. The molecule has 0 fully saturated rings. The Morgan fingerprint density at radius 2 is 2.00 bits per heavy atom. The fourth-order valence-electron chi connectivity index (χ4n) is 2.21. The number of pyridine rings is 1. The molecule has 3 aromatic rings. The lowest BCUT2D eigenvalue weighted by Crippen LogP contribution is -2.05. The van der Waals surface area contributed by atoms with Gasteiger partial charge in [0.15, 0.2) is 0 Å². The summed E-state index contributed by atoms with van der Waals surface area (Å²) in [4.78, 5) is 15.1. The van der Waals surface area contributed by atoms with Crippen molar-refractivity contribution < 1.29 is 9.90 Å². The van der Waals surface area contributed by atoms with E-state index in [-0.39, 0.29) is 5.69 Å². The Morgan fingerprint density at radius 1 is 1.20 bits per heavy atom. The number of hydrogen-bond donors (Lipinski definition) is 1. The number of carbonyl (C=O) groups is 1. The topological polar surface area (TPSA) is 55.1 Å². The van der Waals surface area contributed by atoms with E-state index in [0.29, 0.717) is 17.3 Å². The van der Waals surface area contributed by atoms with Crippen LogP contribution in [0, 0.1) is 0 Å². The highest BCUT2D eigenvalue weighted by atomic mass is 35.5. The minimum absolute atomic E-state index is 0.0464. The molecule has 0 amide bonds. The van der Waals surface area contributed by atoms with Crippen molar-refractivity contribution in [2.75, 3.05) is 0 Å². The molecule has 100 valence electrons. The molecule has 2 aromatic heterocycles. The van der Waals surface area contributed by atoms with Crippen molar-refractivity contribution in [3.8, 4) is 0 Å². The van der Waals surface area contributed by atoms with Crippen molar-refractivity contribution in [2.45, 2.75) is 6.54 Å². The molecule has 0 spiro atoms. The standard InChI is InChI=1S/C15H11ClN2O2/c16-12-5-1-3-10-7-8-18(14(10)12)9-11-4-2-6-13(17-11)15(19)20/h1-8H,9H2,(H,19,20). The number of rotatable bonds is 3. The van der Waals surface area contributed by atoms with E-state index in [9.17, 15) is 4.79 Å². The summed E-state index contributed by atoms with van der Waals surface area (Å²) in [5, 5.41) is 10.7. The van der Waals surface area contributed by atoms with Crippen LogP contribution < -0.4 is 0 Å². The molecule has 0 aliphatic rings. The number of halogens is 1. The maximum Gasteiger partial charge on any atom is 0.354 e. The van der Waals surface area contributed by atoms with Crippen LogP contribution in [-0.2, 0) is 6.54 Å². The molecule has 4 nitrogen and oxygen atoms in total. The molecule has 5 heteroatoms. The van der Waals surface area contributed by atoms with Gasteiger partial charge < -0.3 is 9.67 Å². The predicted molar refractivity (Wildman–Crippen MR) is 77.2 cm³/mol. The largest absolute Gasteiger partial charge is 0.477 e. The second-order valence-electron chi connectivity index (χ2n) is 4.44. The average Bonchev–Trinajstić information content (AvgIpc) is 2.84. The van der Waals surface area contributed by atoms with E-state index in [2.05, 4.69) is 4.98 Å². The number of fused-ring (bicyclic) bond motifs is 1. The van der Waals surface area contributed by atoms with Gasteiger partial charge in [-0.3, -0.25) is 0 Å². The molecule has 0 saturated carbocycles. The molecule has 0 aliphatic heterocycles. The highest BCUT2D eigenvalue weighted by Crippen LogP contribution is 2.24. The minimum Gasteiger partial charge on any atom is -0.477 e. The Bertz CT molecular complexity index is 795. The summed E-state index contributed by atoms with van der Waals surface area (Å²) in [6, 6.07) is 12.7. The van der Waals surface area contributed by atoms with E-state index in [1.165, 1.54) is 6.07 Å². The molecule has 2 heterocycles. The van der Waals surface area contributed by atoms with Crippen LogP contribution in [0.2, 0.25) is 5.02 Å². The quantitative estimate of drug-likeness (QED) is 0.802. The van der Waals surface area contributed by atoms with E-state index < -0.39 is 5.97 Å². The van der Waals surface area contributed by atoms with Gasteiger partial charge in [0.05, 0.1) is 22.8 Å². The number of benzene rings is 1. The Labute approximate surface area is 120 Å². The number of aromatic nitrogens is 2. The Hall–Kier alpha value is -2.33. The normalized spacial score (nSPS) is 10.8. The molecular weight excluding hydrogens is 276 g/mol. The summed E-state index contributed by atoms with van der Waals surface area (Å²) in [6.45, 7) is 0.481. The second-order valence-corrected chi connectivity index (χ2v) is 4.85. The van der Waals surface area contributed by atoms with Crippen molar-refractivity contribution in [1.82, 2.24) is 9.55 Å². The molecular formula is C15H11ClN2O2. The molecule has 0 bridgehead atoms. The highest BCUT2D eigenvalue weighted by molar-refractivity contribution is 6.35. The predicted octanol–water partition coefficient (Wildman–Crippen LogP) is 3.44. The first-order chi connectivity index (χ1) is 9.65. The third kappa shape index (κ3) is 2.26. The van der Waals surface area contributed by atoms with Gasteiger partial charge in [0.2, 0.25) is 0 Å². The van der Waals surface area contributed by atoms with Gasteiger partial charge in [-0.2, -0.15) is 0 Å². The molecule has 0 atom stereocenters. The third-order valence-electron chi connectivity index (χ3n) is 3.10. The first kappa shape index (κ1) is 12.7. The van der Waals surface area contributed by atoms with E-state index in [1.807, 2.05) is 35.0 Å². The first-order valence-corrected chi connectivity index (χ1v) is 6.45. The van der Waals surface area contributed by atoms with Crippen LogP contribution in [0.25, 0.3) is 10.9 Å². The van der Waals surface area contributed by atoms with E-state index in [4.69, 9.17) is 16.7 Å². The number of carboxylic acids is 1. The number of para-hydroxylation sites is 1. The van der Waals surface area contributed by atoms with Gasteiger partial charge in [-0.1, -0.05) is 29.8 Å². The van der Waals surface area contributed by atoms with Crippen LogP contribution in [0.5, 0.6) is 0 Å². The molecule has 0 saturated heterocycles. The van der Waals surface area contributed by atoms with Crippen molar-refractivity contribution >= 4 is 28.5 Å². The van der Waals surface area contributed by atoms with Gasteiger partial charge in [-0.15, -0.1) is 0 Å². The van der Waals surface area contributed by atoms with Crippen LogP contribution in [-0.4, -0.2) is 20.6 Å². The van der Waals surface area contributed by atoms with E-state index >= 15 is 0 Å². The second kappa shape index (κ2) is 4.98. The van der Waals surface area contributed by atoms with Crippen LogP contribution >= 0.6 is 11.6 Å². The SMILES string of the molecule is O=C(O)c1cccc(Cn2ccc3cccc(Cl)c32)n1. The third-order valence-corrected chi connectivity index (χ3v) is 3.40. The van der Waals surface area contributed by atoms with Crippen LogP contribution in [0.1, 0.15) is 16.2 Å². The van der Waals surface area contributed by atoms with Crippen molar-refractivity contribution in [3.05, 3.63) is 65.1 Å². The van der Waals surface area contributed by atoms with Crippen molar-refractivity contribution in [3.63, 3.8) is 0 Å². The fourth-order valence-corrected chi connectivity index (χ4v) is 2.50. The van der Waals surface area contributed by atoms with Gasteiger partial charge in [-0.05, 0) is 24.3 Å². The molecule has 1 N–H and O–H groups in total. The lowest BCUT2D eigenvalue weighted by Gasteiger charge is -2.07. The highest BCUT2D eigenvalue weighted by Gasteiger charge is 2.08. The lowest BCUT2D eigenvalue weighted by atomic mass is 10.2. The zero-order chi connectivity index (χ0) is 14.1. The maximum absolute atomic E-state index is 10.9. The molecule has 20 heavy (non-hydrogen) atoms. The summed E-state index contributed by atoms with van der Waals surface area (Å²) in [5.74, 6) is -1.03. The number of carboxylic acid groups (broad SMARTS) is 1. The molecule has 0 radical (unpaired) electrons. The summed E-state index contributed by atoms with van der Waals surface area (Å²) < 4.78 is 1.96. The van der Waals surface area contributed by atoms with Gasteiger partial charge in [-0.25, -0.2) is 9.78 Å². The van der Waals surface area contributed by atoms with Gasteiger partial charge in [0, 0.05) is 11.6 Å². The summed E-state index contributed by atoms with van der Waals surface area (Å²) in [5.41, 5.74) is 1.66. The monoisotopic (exact) mass is 286 g/mol.